The van der Waals surface area contributed by atoms with Crippen LogP contribution in [0.2, 0.25) is 0 Å². The molecule has 0 aromatic carbocycles. The van der Waals surface area contributed by atoms with Crippen molar-refractivity contribution < 1.29 is 4.92 Å². The minimum absolute atomic E-state index is 0.109. The fourth-order valence-electron chi connectivity index (χ4n) is 0.778. The van der Waals surface area contributed by atoms with Gasteiger partial charge in [0.2, 0.25) is 5.82 Å². The van der Waals surface area contributed by atoms with Gasteiger partial charge in [-0.15, -0.1) is 0 Å². The van der Waals surface area contributed by atoms with Crippen LogP contribution in [0.25, 0.3) is 0 Å². The molecule has 0 aliphatic heterocycles. The van der Waals surface area contributed by atoms with Crippen LogP contribution in [0.5, 0.6) is 0 Å². The van der Waals surface area contributed by atoms with Gasteiger partial charge in [0, 0.05) is 6.54 Å². The highest BCUT2D eigenvalue weighted by Gasteiger charge is 2.15. The van der Waals surface area contributed by atoms with Gasteiger partial charge in [0.15, 0.2) is 0 Å². The molecule has 6 nitrogen and oxygen atoms in total. The molecule has 0 amide bonds. The van der Waals surface area contributed by atoms with Gasteiger partial charge in [-0.2, -0.15) is 5.10 Å². The molecule has 0 bridgehead atoms. The van der Waals surface area contributed by atoms with Gasteiger partial charge in [-0.1, -0.05) is 0 Å². The normalized spacial score (nSPS) is 9.91. The first kappa shape index (κ1) is 7.52. The average Bonchev–Trinajstić information content (AvgIpc) is 2.30. The number of hydrogen-bond acceptors (Lipinski definition) is 4. The molecule has 1 rings (SSSR count). The van der Waals surface area contributed by atoms with Crippen molar-refractivity contribution in [2.75, 3.05) is 5.73 Å². The van der Waals surface area contributed by atoms with Crippen LogP contribution in [-0.4, -0.2) is 14.7 Å². The molecule has 0 aliphatic carbocycles. The molecule has 0 spiro atoms. The van der Waals surface area contributed by atoms with E-state index in [1.165, 1.54) is 4.68 Å². The molecule has 0 radical (unpaired) electrons. The van der Waals surface area contributed by atoms with E-state index in [1.807, 2.05) is 6.92 Å². The third-order valence-electron chi connectivity index (χ3n) is 1.36. The van der Waals surface area contributed by atoms with E-state index >= 15 is 0 Å². The Hall–Kier alpha value is -1.59. The van der Waals surface area contributed by atoms with Crippen LogP contribution in [0, 0.1) is 10.1 Å². The molecule has 0 fully saturated rings. The van der Waals surface area contributed by atoms with Crippen LogP contribution in [0.1, 0.15) is 6.92 Å². The Kier molecular flexibility index (Phi) is 1.75. The highest BCUT2D eigenvalue weighted by Crippen LogP contribution is 2.18. The second-order valence-electron chi connectivity index (χ2n) is 1.99. The maximum absolute atomic E-state index is 10.2. The quantitative estimate of drug-likeness (QED) is 0.495. The maximum Gasteiger partial charge on any atom is 0.330 e. The Labute approximate surface area is 62.8 Å². The lowest BCUT2D eigenvalue weighted by atomic mass is 10.5. The Morgan fingerprint density at radius 2 is 2.55 bits per heavy atom. The van der Waals surface area contributed by atoms with E-state index in [4.69, 9.17) is 5.73 Å². The minimum Gasteiger partial charge on any atom is -0.378 e. The van der Waals surface area contributed by atoms with E-state index in [0.29, 0.717) is 6.54 Å². The molecule has 1 aromatic rings. The molecular weight excluding hydrogens is 148 g/mol. The molecule has 0 aliphatic rings. The van der Waals surface area contributed by atoms with E-state index in [2.05, 4.69) is 5.10 Å². The molecule has 0 saturated heterocycles. The molecular formula is C5H8N4O2. The largest absolute Gasteiger partial charge is 0.378 e. The monoisotopic (exact) mass is 156 g/mol. The van der Waals surface area contributed by atoms with Crippen molar-refractivity contribution in [3.05, 3.63) is 16.3 Å². The molecule has 0 unspecified atom stereocenters. The SMILES string of the molecule is CCn1ncc([N+](=O)[O-])c1N. The first-order chi connectivity index (χ1) is 5.16. The van der Waals surface area contributed by atoms with Gasteiger partial charge in [0.05, 0.1) is 4.92 Å². The van der Waals surface area contributed by atoms with Crippen LogP contribution in [-0.2, 0) is 6.54 Å². The Bertz CT molecular complexity index is 280. The highest BCUT2D eigenvalue weighted by molar-refractivity contribution is 5.51. The van der Waals surface area contributed by atoms with Crippen LogP contribution in [0.3, 0.4) is 0 Å². The van der Waals surface area contributed by atoms with Crippen LogP contribution < -0.4 is 5.73 Å². The Balaban J connectivity index is 3.10. The predicted molar refractivity (Wildman–Crippen MR) is 39.0 cm³/mol. The number of nitrogens with zero attached hydrogens (tertiary/aromatic N) is 3. The Morgan fingerprint density at radius 1 is 1.91 bits per heavy atom. The van der Waals surface area contributed by atoms with Gasteiger partial charge in [0.25, 0.3) is 0 Å². The van der Waals surface area contributed by atoms with Crippen LogP contribution >= 0.6 is 0 Å². The van der Waals surface area contributed by atoms with E-state index in [0.717, 1.165) is 6.20 Å². The first-order valence-corrected chi connectivity index (χ1v) is 3.12. The summed E-state index contributed by atoms with van der Waals surface area (Å²) in [5.41, 5.74) is 5.24. The summed E-state index contributed by atoms with van der Waals surface area (Å²) in [4.78, 5) is 9.68. The summed E-state index contributed by atoms with van der Waals surface area (Å²) in [5.74, 6) is 0.109. The van der Waals surface area contributed by atoms with Crippen LogP contribution in [0.4, 0.5) is 11.5 Å². The topological polar surface area (TPSA) is 87.0 Å². The summed E-state index contributed by atoms with van der Waals surface area (Å²) < 4.78 is 1.37. The maximum atomic E-state index is 10.2. The highest BCUT2D eigenvalue weighted by atomic mass is 16.6. The molecule has 60 valence electrons. The number of nitro groups is 1. The van der Waals surface area contributed by atoms with E-state index in [9.17, 15) is 10.1 Å². The fraction of sp³-hybridized carbons (Fsp3) is 0.400. The molecule has 1 aromatic heterocycles. The Morgan fingerprint density at radius 3 is 2.82 bits per heavy atom. The molecule has 6 heteroatoms. The molecule has 0 saturated carbocycles. The fourth-order valence-corrected chi connectivity index (χ4v) is 0.778. The van der Waals surface area contributed by atoms with Gasteiger partial charge in [-0.25, -0.2) is 4.68 Å². The smallest absolute Gasteiger partial charge is 0.330 e. The van der Waals surface area contributed by atoms with Crippen molar-refractivity contribution in [2.45, 2.75) is 13.5 Å². The summed E-state index contributed by atoms with van der Waals surface area (Å²) in [7, 11) is 0. The standard InChI is InChI=1S/C5H8N4O2/c1-2-8-5(6)4(3-7-8)9(10)11/h3H,2,6H2,1H3. The van der Waals surface area contributed by atoms with Gasteiger partial charge in [0.1, 0.15) is 6.20 Å². The lowest BCUT2D eigenvalue weighted by molar-refractivity contribution is -0.384. The van der Waals surface area contributed by atoms with Gasteiger partial charge < -0.3 is 5.73 Å². The van der Waals surface area contributed by atoms with Crippen LogP contribution in [0.15, 0.2) is 6.20 Å². The number of aromatic nitrogens is 2. The molecule has 0 atom stereocenters. The van der Waals surface area contributed by atoms with E-state index < -0.39 is 4.92 Å². The van der Waals surface area contributed by atoms with Crippen molar-refractivity contribution in [1.29, 1.82) is 0 Å². The molecule has 11 heavy (non-hydrogen) atoms. The second-order valence-corrected chi connectivity index (χ2v) is 1.99. The number of nitrogens with two attached hydrogens (primary N) is 1. The number of aryl methyl sites for hydroxylation is 1. The summed E-state index contributed by atoms with van der Waals surface area (Å²) >= 11 is 0. The predicted octanol–water partition coefficient (Wildman–Crippen LogP) is 0.393. The lowest BCUT2D eigenvalue weighted by Gasteiger charge is -1.95. The van der Waals surface area contributed by atoms with Crippen molar-refractivity contribution in [3.63, 3.8) is 0 Å². The number of rotatable bonds is 2. The third kappa shape index (κ3) is 1.14. The number of anilines is 1. The summed E-state index contributed by atoms with van der Waals surface area (Å²) in [6.45, 7) is 2.35. The third-order valence-corrected chi connectivity index (χ3v) is 1.36. The van der Waals surface area contributed by atoms with E-state index in [-0.39, 0.29) is 11.5 Å². The lowest BCUT2D eigenvalue weighted by Crippen LogP contribution is -2.03. The zero-order valence-electron chi connectivity index (χ0n) is 6.02. The zero-order valence-corrected chi connectivity index (χ0v) is 6.02. The first-order valence-electron chi connectivity index (χ1n) is 3.12. The number of hydrogen-bond donors (Lipinski definition) is 1. The summed E-state index contributed by atoms with van der Waals surface area (Å²) in [6.07, 6.45) is 1.15. The van der Waals surface area contributed by atoms with Crippen molar-refractivity contribution in [3.8, 4) is 0 Å². The molecule has 2 N–H and O–H groups in total. The zero-order chi connectivity index (χ0) is 8.43. The minimum atomic E-state index is -0.547. The van der Waals surface area contributed by atoms with Crippen molar-refractivity contribution in [2.24, 2.45) is 0 Å². The van der Waals surface area contributed by atoms with E-state index in [1.54, 1.807) is 0 Å². The number of nitrogen functional groups attached to an aromatic ring is 1. The second kappa shape index (κ2) is 2.57. The van der Waals surface area contributed by atoms with Gasteiger partial charge in [-0.3, -0.25) is 10.1 Å². The van der Waals surface area contributed by atoms with Gasteiger partial charge >= 0.3 is 5.69 Å². The average molecular weight is 156 g/mol. The molecule has 1 heterocycles. The summed E-state index contributed by atoms with van der Waals surface area (Å²) in [6, 6.07) is 0. The van der Waals surface area contributed by atoms with Crippen molar-refractivity contribution in [1.82, 2.24) is 9.78 Å². The van der Waals surface area contributed by atoms with Crippen molar-refractivity contribution >= 4 is 11.5 Å². The summed E-state index contributed by atoms with van der Waals surface area (Å²) in [5, 5.41) is 13.9. The van der Waals surface area contributed by atoms with Gasteiger partial charge in [-0.05, 0) is 6.92 Å².